The van der Waals surface area contributed by atoms with Crippen LogP contribution in [0.2, 0.25) is 5.02 Å². The third-order valence-electron chi connectivity index (χ3n) is 5.54. The van der Waals surface area contributed by atoms with Crippen molar-refractivity contribution in [2.24, 2.45) is 5.92 Å². The molecule has 1 aromatic heterocycles. The molecule has 1 atom stereocenters. The quantitative estimate of drug-likeness (QED) is 0.821. The molecule has 4 rings (SSSR count). The minimum Gasteiger partial charge on any atom is -0.326 e. The molecule has 2 aliphatic rings. The maximum Gasteiger partial charge on any atom is 0.224 e. The van der Waals surface area contributed by atoms with Gasteiger partial charge in [0.1, 0.15) is 5.82 Å². The highest BCUT2D eigenvalue weighted by Crippen LogP contribution is 2.31. The van der Waals surface area contributed by atoms with Crippen molar-refractivity contribution in [3.05, 3.63) is 29.0 Å². The van der Waals surface area contributed by atoms with E-state index in [0.717, 1.165) is 74.6 Å². The fraction of sp³-hybridized carbons (Fsp3) is 0.550. The first-order chi connectivity index (χ1) is 13.2. The number of anilines is 1. The molecule has 0 aliphatic carbocycles. The Morgan fingerprint density at radius 2 is 2.22 bits per heavy atom. The molecule has 1 amide bonds. The summed E-state index contributed by atoms with van der Waals surface area (Å²) >= 11 is 6.45. The maximum absolute atomic E-state index is 12.3. The van der Waals surface area contributed by atoms with Crippen molar-refractivity contribution in [3.63, 3.8) is 0 Å². The summed E-state index contributed by atoms with van der Waals surface area (Å²) in [6, 6.07) is 5.59. The molecule has 0 radical (unpaired) electrons. The molecule has 1 aromatic carbocycles. The third kappa shape index (κ3) is 4.33. The molecule has 3 heterocycles. The lowest BCUT2D eigenvalue weighted by Crippen LogP contribution is -2.15. The molecule has 2 aromatic rings. The number of aromatic nitrogens is 3. The van der Waals surface area contributed by atoms with E-state index in [4.69, 9.17) is 11.6 Å². The summed E-state index contributed by atoms with van der Waals surface area (Å²) in [4.78, 5) is 12.3. The number of carbonyl (C=O) groups excluding carboxylic acids is 1. The molecule has 1 saturated heterocycles. The highest BCUT2D eigenvalue weighted by atomic mass is 35.5. The molecule has 2 N–H and O–H groups in total. The SMILES string of the molecule is O=C(CCC1CCNC1)Nc1ccc(Cl)c(-c2nnc3n2CCCCC3)c1. The Morgan fingerprint density at radius 3 is 3.07 bits per heavy atom. The highest BCUT2D eigenvalue weighted by molar-refractivity contribution is 6.33. The van der Waals surface area contributed by atoms with Crippen LogP contribution in [-0.4, -0.2) is 33.8 Å². The van der Waals surface area contributed by atoms with E-state index in [1.807, 2.05) is 18.2 Å². The van der Waals surface area contributed by atoms with Gasteiger partial charge in [0.15, 0.2) is 5.82 Å². The molecule has 1 unspecified atom stereocenters. The Labute approximate surface area is 164 Å². The van der Waals surface area contributed by atoms with Crippen molar-refractivity contribution >= 4 is 23.2 Å². The van der Waals surface area contributed by atoms with E-state index in [0.29, 0.717) is 17.4 Å². The molecule has 1 fully saturated rings. The van der Waals surface area contributed by atoms with Crippen LogP contribution in [0.5, 0.6) is 0 Å². The minimum atomic E-state index is 0.0512. The summed E-state index contributed by atoms with van der Waals surface area (Å²) in [5.41, 5.74) is 1.59. The minimum absolute atomic E-state index is 0.0512. The molecule has 2 aliphatic heterocycles. The van der Waals surface area contributed by atoms with Gasteiger partial charge in [-0.15, -0.1) is 10.2 Å². The first kappa shape index (κ1) is 18.4. The van der Waals surface area contributed by atoms with Crippen molar-refractivity contribution in [3.8, 4) is 11.4 Å². The monoisotopic (exact) mass is 387 g/mol. The Hall–Kier alpha value is -1.92. The zero-order valence-corrected chi connectivity index (χ0v) is 16.3. The van der Waals surface area contributed by atoms with E-state index in [2.05, 4.69) is 25.4 Å². The number of carbonyl (C=O) groups is 1. The van der Waals surface area contributed by atoms with E-state index in [1.165, 1.54) is 6.42 Å². The third-order valence-corrected chi connectivity index (χ3v) is 5.87. The number of aryl methyl sites for hydroxylation is 1. The van der Waals surface area contributed by atoms with Gasteiger partial charge in [0.25, 0.3) is 0 Å². The smallest absolute Gasteiger partial charge is 0.224 e. The van der Waals surface area contributed by atoms with Crippen LogP contribution in [0.4, 0.5) is 5.69 Å². The molecule has 6 nitrogen and oxygen atoms in total. The average Bonchev–Trinajstić information content (AvgIpc) is 3.27. The number of fused-ring (bicyclic) bond motifs is 1. The first-order valence-electron chi connectivity index (χ1n) is 9.93. The lowest BCUT2D eigenvalue weighted by molar-refractivity contribution is -0.116. The van der Waals surface area contributed by atoms with Crippen LogP contribution in [0.15, 0.2) is 18.2 Å². The van der Waals surface area contributed by atoms with Crippen molar-refractivity contribution in [2.75, 3.05) is 18.4 Å². The molecule has 7 heteroatoms. The summed E-state index contributed by atoms with van der Waals surface area (Å²) < 4.78 is 2.17. The van der Waals surface area contributed by atoms with E-state index in [-0.39, 0.29) is 5.91 Å². The van der Waals surface area contributed by atoms with E-state index >= 15 is 0 Å². The predicted octanol–water partition coefficient (Wildman–Crippen LogP) is 3.65. The highest BCUT2D eigenvalue weighted by Gasteiger charge is 2.19. The fourth-order valence-corrected chi connectivity index (χ4v) is 4.18. The van der Waals surface area contributed by atoms with Gasteiger partial charge in [-0.1, -0.05) is 18.0 Å². The number of hydrogen-bond acceptors (Lipinski definition) is 4. The summed E-state index contributed by atoms with van der Waals surface area (Å²) in [7, 11) is 0. The number of amides is 1. The molecule has 0 saturated carbocycles. The fourth-order valence-electron chi connectivity index (χ4n) is 3.98. The van der Waals surface area contributed by atoms with Gasteiger partial charge < -0.3 is 15.2 Å². The van der Waals surface area contributed by atoms with Crippen molar-refractivity contribution in [1.82, 2.24) is 20.1 Å². The average molecular weight is 388 g/mol. The molecular weight excluding hydrogens is 362 g/mol. The zero-order chi connectivity index (χ0) is 18.6. The second kappa shape index (κ2) is 8.40. The van der Waals surface area contributed by atoms with Gasteiger partial charge in [-0.05, 0) is 62.9 Å². The Balaban J connectivity index is 1.48. The van der Waals surface area contributed by atoms with Crippen LogP contribution in [0, 0.1) is 5.92 Å². The topological polar surface area (TPSA) is 71.8 Å². The molecule has 0 spiro atoms. The second-order valence-electron chi connectivity index (χ2n) is 7.54. The second-order valence-corrected chi connectivity index (χ2v) is 7.95. The number of rotatable bonds is 5. The van der Waals surface area contributed by atoms with Gasteiger partial charge in [0.05, 0.1) is 5.02 Å². The van der Waals surface area contributed by atoms with Crippen LogP contribution in [0.3, 0.4) is 0 Å². The number of nitrogens with zero attached hydrogens (tertiary/aromatic N) is 3. The van der Waals surface area contributed by atoms with Gasteiger partial charge in [-0.2, -0.15) is 0 Å². The Bertz CT molecular complexity index is 813. The number of nitrogens with one attached hydrogen (secondary N) is 2. The van der Waals surface area contributed by atoms with Crippen LogP contribution in [-0.2, 0) is 17.8 Å². The van der Waals surface area contributed by atoms with E-state index < -0.39 is 0 Å². The predicted molar refractivity (Wildman–Crippen MR) is 107 cm³/mol. The Morgan fingerprint density at radius 1 is 1.30 bits per heavy atom. The van der Waals surface area contributed by atoms with Gasteiger partial charge in [-0.3, -0.25) is 4.79 Å². The summed E-state index contributed by atoms with van der Waals surface area (Å²) in [5, 5.41) is 15.7. The molecule has 144 valence electrons. The standard InChI is InChI=1S/C20H26ClN5O/c21-17-7-6-15(23-19(27)8-5-14-9-10-22-13-14)12-16(17)20-25-24-18-4-2-1-3-11-26(18)20/h6-7,12,14,22H,1-5,8-11,13H2,(H,23,27). The van der Waals surface area contributed by atoms with E-state index in [1.54, 1.807) is 0 Å². The largest absolute Gasteiger partial charge is 0.326 e. The lowest BCUT2D eigenvalue weighted by atomic mass is 10.0. The Kier molecular flexibility index (Phi) is 5.74. The lowest BCUT2D eigenvalue weighted by Gasteiger charge is -2.12. The molecule has 0 bridgehead atoms. The van der Waals surface area contributed by atoms with E-state index in [9.17, 15) is 4.79 Å². The normalized spacial score (nSPS) is 19.5. The van der Waals surface area contributed by atoms with Gasteiger partial charge in [-0.25, -0.2) is 0 Å². The van der Waals surface area contributed by atoms with Gasteiger partial charge in [0.2, 0.25) is 5.91 Å². The van der Waals surface area contributed by atoms with Crippen LogP contribution < -0.4 is 10.6 Å². The van der Waals surface area contributed by atoms with Gasteiger partial charge >= 0.3 is 0 Å². The zero-order valence-electron chi connectivity index (χ0n) is 15.5. The number of halogens is 1. The maximum atomic E-state index is 12.3. The van der Waals surface area contributed by atoms with Crippen LogP contribution >= 0.6 is 11.6 Å². The van der Waals surface area contributed by atoms with Crippen molar-refractivity contribution < 1.29 is 4.79 Å². The van der Waals surface area contributed by atoms with Crippen LogP contribution in [0.1, 0.15) is 44.3 Å². The van der Waals surface area contributed by atoms with Crippen molar-refractivity contribution in [1.29, 1.82) is 0 Å². The molecular formula is C20H26ClN5O. The number of hydrogen-bond donors (Lipinski definition) is 2. The molecule has 27 heavy (non-hydrogen) atoms. The van der Waals surface area contributed by atoms with Crippen LogP contribution in [0.25, 0.3) is 11.4 Å². The van der Waals surface area contributed by atoms with Crippen molar-refractivity contribution in [2.45, 2.75) is 51.5 Å². The summed E-state index contributed by atoms with van der Waals surface area (Å²) in [5.74, 6) is 2.49. The summed E-state index contributed by atoms with van der Waals surface area (Å²) in [6.45, 7) is 3.01. The summed E-state index contributed by atoms with van der Waals surface area (Å²) in [6.07, 6.45) is 7.08. The van der Waals surface area contributed by atoms with Gasteiger partial charge in [0, 0.05) is 30.6 Å². The number of benzene rings is 1. The first-order valence-corrected chi connectivity index (χ1v) is 10.3.